The molecule has 1 N–H and O–H groups in total. The fraction of sp³-hybridized carbons (Fsp3) is 0.889. The predicted octanol–water partition coefficient (Wildman–Crippen LogP) is 2.31. The molecule has 1 amide bonds. The second kappa shape index (κ2) is 7.41. The zero-order chi connectivity index (χ0) is 9.40. The van der Waals surface area contributed by atoms with E-state index in [2.05, 4.69) is 5.32 Å². The summed E-state index contributed by atoms with van der Waals surface area (Å²) in [6.07, 6.45) is 3.48. The summed E-state index contributed by atoms with van der Waals surface area (Å²) < 4.78 is 0. The minimum atomic E-state index is 0.152. The van der Waals surface area contributed by atoms with Crippen LogP contribution in [0.4, 0.5) is 0 Å². The highest BCUT2D eigenvalue weighted by atomic mass is 35.5. The normalized spacial score (nSPS) is 12.6. The van der Waals surface area contributed by atoms with Gasteiger partial charge in [0.1, 0.15) is 0 Å². The Hall–Kier alpha value is -0.240. The topological polar surface area (TPSA) is 29.1 Å². The molecule has 0 spiro atoms. The van der Waals surface area contributed by atoms with E-state index in [-0.39, 0.29) is 11.9 Å². The Kier molecular flexibility index (Phi) is 7.26. The maximum Gasteiger partial charge on any atom is 0.220 e. The van der Waals surface area contributed by atoms with Gasteiger partial charge in [-0.3, -0.25) is 4.79 Å². The Bertz CT molecular complexity index is 128. The van der Waals surface area contributed by atoms with Crippen LogP contribution in [0.25, 0.3) is 0 Å². The second-order valence-electron chi connectivity index (χ2n) is 3.05. The van der Waals surface area contributed by atoms with E-state index < -0.39 is 0 Å². The van der Waals surface area contributed by atoms with Crippen LogP contribution in [0.1, 0.15) is 39.5 Å². The van der Waals surface area contributed by atoms with Crippen LogP contribution in [0.3, 0.4) is 0 Å². The first kappa shape index (κ1) is 11.8. The van der Waals surface area contributed by atoms with Crippen LogP contribution in [0.2, 0.25) is 0 Å². The van der Waals surface area contributed by atoms with Crippen molar-refractivity contribution in [1.29, 1.82) is 0 Å². The van der Waals surface area contributed by atoms with Gasteiger partial charge in [0.2, 0.25) is 5.91 Å². The minimum Gasteiger partial charge on any atom is -0.354 e. The molecule has 0 aliphatic carbocycles. The van der Waals surface area contributed by atoms with Gasteiger partial charge in [-0.15, -0.1) is 11.6 Å². The maximum absolute atomic E-state index is 11.1. The molecule has 72 valence electrons. The van der Waals surface area contributed by atoms with Crippen molar-refractivity contribution in [2.45, 2.75) is 45.6 Å². The van der Waals surface area contributed by atoms with Gasteiger partial charge in [0.25, 0.3) is 0 Å². The molecular formula is C9H18ClNO. The number of halogens is 1. The fourth-order valence-electron chi connectivity index (χ4n) is 1.03. The predicted molar refractivity (Wildman–Crippen MR) is 52.5 cm³/mol. The average molecular weight is 192 g/mol. The van der Waals surface area contributed by atoms with Crippen LogP contribution in [0.15, 0.2) is 0 Å². The number of alkyl halides is 1. The summed E-state index contributed by atoms with van der Waals surface area (Å²) in [5.74, 6) is 0.827. The van der Waals surface area contributed by atoms with Gasteiger partial charge < -0.3 is 5.32 Å². The van der Waals surface area contributed by atoms with E-state index in [4.69, 9.17) is 11.6 Å². The molecule has 0 rings (SSSR count). The molecule has 0 saturated heterocycles. The van der Waals surface area contributed by atoms with E-state index in [1.807, 2.05) is 13.8 Å². The highest BCUT2D eigenvalue weighted by molar-refractivity contribution is 6.17. The van der Waals surface area contributed by atoms with Gasteiger partial charge in [-0.25, -0.2) is 0 Å². The molecule has 0 saturated carbocycles. The summed E-state index contributed by atoms with van der Waals surface area (Å²) in [6, 6.07) is 0.266. The van der Waals surface area contributed by atoms with Crippen molar-refractivity contribution in [3.05, 3.63) is 0 Å². The lowest BCUT2D eigenvalue weighted by atomic mass is 10.2. The molecule has 0 aliphatic heterocycles. The SMILES string of the molecule is CCCC(=O)NC(C)CCCCl. The number of hydrogen-bond donors (Lipinski definition) is 1. The van der Waals surface area contributed by atoms with E-state index in [1.165, 1.54) is 0 Å². The maximum atomic E-state index is 11.1. The van der Waals surface area contributed by atoms with Crippen LogP contribution in [0, 0.1) is 0 Å². The zero-order valence-corrected chi connectivity index (χ0v) is 8.66. The standard InChI is InChI=1S/C9H18ClNO/c1-3-5-9(12)11-8(2)6-4-7-10/h8H,3-7H2,1-2H3,(H,11,12). The smallest absolute Gasteiger partial charge is 0.220 e. The number of carbonyl (C=O) groups is 1. The highest BCUT2D eigenvalue weighted by Crippen LogP contribution is 1.98. The van der Waals surface area contributed by atoms with Gasteiger partial charge >= 0.3 is 0 Å². The average Bonchev–Trinajstić information content (AvgIpc) is 2.01. The van der Waals surface area contributed by atoms with E-state index >= 15 is 0 Å². The first-order valence-electron chi connectivity index (χ1n) is 4.56. The van der Waals surface area contributed by atoms with Crippen molar-refractivity contribution in [3.8, 4) is 0 Å². The van der Waals surface area contributed by atoms with Crippen molar-refractivity contribution >= 4 is 17.5 Å². The Labute approximate surface area is 79.7 Å². The molecule has 12 heavy (non-hydrogen) atoms. The van der Waals surface area contributed by atoms with Gasteiger partial charge in [0.05, 0.1) is 0 Å². The summed E-state index contributed by atoms with van der Waals surface area (Å²) in [6.45, 7) is 4.02. The van der Waals surface area contributed by atoms with Crippen LogP contribution in [-0.4, -0.2) is 17.8 Å². The quantitative estimate of drug-likeness (QED) is 0.642. The zero-order valence-electron chi connectivity index (χ0n) is 7.90. The van der Waals surface area contributed by atoms with Crippen LogP contribution in [0.5, 0.6) is 0 Å². The molecule has 0 aliphatic rings. The molecule has 0 heterocycles. The Morgan fingerprint density at radius 1 is 1.58 bits per heavy atom. The van der Waals surface area contributed by atoms with Crippen molar-refractivity contribution in [3.63, 3.8) is 0 Å². The number of hydrogen-bond acceptors (Lipinski definition) is 1. The van der Waals surface area contributed by atoms with Crippen LogP contribution >= 0.6 is 11.6 Å². The van der Waals surface area contributed by atoms with Crippen LogP contribution in [-0.2, 0) is 4.79 Å². The molecule has 0 radical (unpaired) electrons. The summed E-state index contributed by atoms with van der Waals surface area (Å²) in [5, 5.41) is 2.92. The number of rotatable bonds is 6. The lowest BCUT2D eigenvalue weighted by molar-refractivity contribution is -0.121. The van der Waals surface area contributed by atoms with Gasteiger partial charge in [0, 0.05) is 18.3 Å². The third-order valence-corrected chi connectivity index (χ3v) is 1.92. The first-order valence-corrected chi connectivity index (χ1v) is 5.09. The summed E-state index contributed by atoms with van der Waals surface area (Å²) in [4.78, 5) is 11.1. The van der Waals surface area contributed by atoms with Crippen molar-refractivity contribution < 1.29 is 4.79 Å². The van der Waals surface area contributed by atoms with Crippen LogP contribution < -0.4 is 5.32 Å². The largest absolute Gasteiger partial charge is 0.354 e. The van der Waals surface area contributed by atoms with Crippen molar-refractivity contribution in [1.82, 2.24) is 5.32 Å². The molecule has 0 aromatic rings. The molecule has 0 fully saturated rings. The molecule has 0 bridgehead atoms. The Balaban J connectivity index is 3.40. The second-order valence-corrected chi connectivity index (χ2v) is 3.43. The van der Waals surface area contributed by atoms with E-state index in [0.29, 0.717) is 12.3 Å². The number of nitrogens with one attached hydrogen (secondary N) is 1. The van der Waals surface area contributed by atoms with Gasteiger partial charge in [-0.1, -0.05) is 6.92 Å². The van der Waals surface area contributed by atoms with E-state index in [1.54, 1.807) is 0 Å². The summed E-state index contributed by atoms with van der Waals surface area (Å²) in [5.41, 5.74) is 0. The van der Waals surface area contributed by atoms with Gasteiger partial charge in [0.15, 0.2) is 0 Å². The van der Waals surface area contributed by atoms with Gasteiger partial charge in [-0.05, 0) is 26.2 Å². The number of carbonyl (C=O) groups excluding carboxylic acids is 1. The fourth-order valence-corrected chi connectivity index (χ4v) is 1.18. The molecule has 3 heteroatoms. The molecule has 0 aromatic carbocycles. The molecule has 1 unspecified atom stereocenters. The third kappa shape index (κ3) is 6.47. The molecule has 2 nitrogen and oxygen atoms in total. The van der Waals surface area contributed by atoms with Crippen molar-refractivity contribution in [2.24, 2.45) is 0 Å². The Morgan fingerprint density at radius 2 is 2.25 bits per heavy atom. The van der Waals surface area contributed by atoms with Crippen molar-refractivity contribution in [2.75, 3.05) is 5.88 Å². The molecule has 0 aromatic heterocycles. The minimum absolute atomic E-state index is 0.152. The first-order chi connectivity index (χ1) is 5.70. The summed E-state index contributed by atoms with van der Waals surface area (Å²) in [7, 11) is 0. The summed E-state index contributed by atoms with van der Waals surface area (Å²) >= 11 is 5.53. The highest BCUT2D eigenvalue weighted by Gasteiger charge is 2.04. The van der Waals surface area contributed by atoms with E-state index in [0.717, 1.165) is 19.3 Å². The monoisotopic (exact) mass is 191 g/mol. The molecule has 1 atom stereocenters. The lowest BCUT2D eigenvalue weighted by Crippen LogP contribution is -2.32. The third-order valence-electron chi connectivity index (χ3n) is 1.66. The Morgan fingerprint density at radius 3 is 2.75 bits per heavy atom. The number of amides is 1. The lowest BCUT2D eigenvalue weighted by Gasteiger charge is -2.12. The van der Waals surface area contributed by atoms with E-state index in [9.17, 15) is 4.79 Å². The molecular weight excluding hydrogens is 174 g/mol. The van der Waals surface area contributed by atoms with Gasteiger partial charge in [-0.2, -0.15) is 0 Å².